The predicted molar refractivity (Wildman–Crippen MR) is 84.3 cm³/mol. The number of benzene rings is 1. The molecule has 0 aromatic heterocycles. The second-order valence-electron chi connectivity index (χ2n) is 5.01. The van der Waals surface area contributed by atoms with Gasteiger partial charge in [-0.2, -0.15) is 0 Å². The van der Waals surface area contributed by atoms with Gasteiger partial charge in [0.25, 0.3) is 0 Å². The van der Waals surface area contributed by atoms with Crippen molar-refractivity contribution in [2.45, 2.75) is 26.4 Å². The summed E-state index contributed by atoms with van der Waals surface area (Å²) in [6.45, 7) is 7.37. The van der Waals surface area contributed by atoms with Crippen LogP contribution in [0.5, 0.6) is 0 Å². The van der Waals surface area contributed by atoms with E-state index in [4.69, 9.17) is 9.47 Å². The Morgan fingerprint density at radius 3 is 2.67 bits per heavy atom. The molecule has 1 rings (SSSR count). The van der Waals surface area contributed by atoms with E-state index in [0.29, 0.717) is 25.4 Å². The summed E-state index contributed by atoms with van der Waals surface area (Å²) in [5.74, 6) is -0.189. The van der Waals surface area contributed by atoms with Crippen LogP contribution in [0.2, 0.25) is 0 Å². The van der Waals surface area contributed by atoms with Gasteiger partial charge in [0.1, 0.15) is 5.82 Å². The second-order valence-corrected chi connectivity index (χ2v) is 5.01. The third-order valence-corrected chi connectivity index (χ3v) is 3.44. The van der Waals surface area contributed by atoms with Crippen LogP contribution >= 0.6 is 0 Å². The fourth-order valence-electron chi connectivity index (χ4n) is 2.44. The van der Waals surface area contributed by atoms with Gasteiger partial charge in [-0.15, -0.1) is 0 Å². The van der Waals surface area contributed by atoms with Crippen molar-refractivity contribution in [3.63, 3.8) is 0 Å². The van der Waals surface area contributed by atoms with Crippen LogP contribution in [0.15, 0.2) is 18.2 Å². The van der Waals surface area contributed by atoms with Gasteiger partial charge < -0.3 is 19.7 Å². The summed E-state index contributed by atoms with van der Waals surface area (Å²) >= 11 is 0. The van der Waals surface area contributed by atoms with Crippen molar-refractivity contribution in [2.75, 3.05) is 45.4 Å². The first-order valence-electron chi connectivity index (χ1n) is 7.38. The average Bonchev–Trinajstić information content (AvgIpc) is 2.47. The molecule has 1 N–H and O–H groups in total. The van der Waals surface area contributed by atoms with Gasteiger partial charge in [-0.05, 0) is 25.5 Å². The SMILES string of the molecule is CCN(c1c(F)cccc1CNCCOC)C(C)COC. The van der Waals surface area contributed by atoms with E-state index in [0.717, 1.165) is 18.7 Å². The zero-order chi connectivity index (χ0) is 15.7. The Balaban J connectivity index is 2.91. The molecule has 0 amide bonds. The smallest absolute Gasteiger partial charge is 0.146 e. The van der Waals surface area contributed by atoms with Crippen molar-refractivity contribution in [1.29, 1.82) is 0 Å². The number of nitrogens with one attached hydrogen (secondary N) is 1. The molecular weight excluding hydrogens is 271 g/mol. The van der Waals surface area contributed by atoms with Crippen LogP contribution in [0.4, 0.5) is 10.1 Å². The van der Waals surface area contributed by atoms with Crippen LogP contribution in [0.1, 0.15) is 19.4 Å². The third-order valence-electron chi connectivity index (χ3n) is 3.44. The Morgan fingerprint density at radius 2 is 2.05 bits per heavy atom. The van der Waals surface area contributed by atoms with Crippen LogP contribution in [-0.2, 0) is 16.0 Å². The first-order valence-corrected chi connectivity index (χ1v) is 7.38. The van der Waals surface area contributed by atoms with E-state index in [9.17, 15) is 4.39 Å². The van der Waals surface area contributed by atoms with E-state index in [1.54, 1.807) is 20.3 Å². The third kappa shape index (κ3) is 5.26. The fraction of sp³-hybridized carbons (Fsp3) is 0.625. The molecule has 120 valence electrons. The molecule has 0 saturated heterocycles. The zero-order valence-corrected chi connectivity index (χ0v) is 13.5. The molecule has 21 heavy (non-hydrogen) atoms. The van der Waals surface area contributed by atoms with Gasteiger partial charge in [-0.1, -0.05) is 12.1 Å². The van der Waals surface area contributed by atoms with Crippen LogP contribution in [0.3, 0.4) is 0 Å². The zero-order valence-electron chi connectivity index (χ0n) is 13.5. The van der Waals surface area contributed by atoms with Crippen molar-refractivity contribution < 1.29 is 13.9 Å². The monoisotopic (exact) mass is 298 g/mol. The molecule has 5 heteroatoms. The highest BCUT2D eigenvalue weighted by Gasteiger charge is 2.19. The molecule has 0 radical (unpaired) electrons. The maximum Gasteiger partial charge on any atom is 0.146 e. The normalized spacial score (nSPS) is 12.4. The van der Waals surface area contributed by atoms with Gasteiger partial charge in [0.15, 0.2) is 0 Å². The lowest BCUT2D eigenvalue weighted by molar-refractivity contribution is 0.181. The lowest BCUT2D eigenvalue weighted by Gasteiger charge is -2.32. The van der Waals surface area contributed by atoms with E-state index < -0.39 is 0 Å². The summed E-state index contributed by atoms with van der Waals surface area (Å²) < 4.78 is 24.5. The van der Waals surface area contributed by atoms with Crippen molar-refractivity contribution >= 4 is 5.69 Å². The number of likely N-dealkylation sites (N-methyl/N-ethyl adjacent to an activating group) is 1. The summed E-state index contributed by atoms with van der Waals surface area (Å²) in [6.07, 6.45) is 0. The molecule has 4 nitrogen and oxygen atoms in total. The number of para-hydroxylation sites is 1. The van der Waals surface area contributed by atoms with E-state index >= 15 is 0 Å². The van der Waals surface area contributed by atoms with E-state index in [-0.39, 0.29) is 11.9 Å². The molecule has 0 aliphatic rings. The van der Waals surface area contributed by atoms with Crippen LogP contribution in [0, 0.1) is 5.82 Å². The highest BCUT2D eigenvalue weighted by molar-refractivity contribution is 5.55. The van der Waals surface area contributed by atoms with Gasteiger partial charge in [0.2, 0.25) is 0 Å². The highest BCUT2D eigenvalue weighted by atomic mass is 19.1. The molecule has 0 aliphatic carbocycles. The van der Waals surface area contributed by atoms with Crippen LogP contribution < -0.4 is 10.2 Å². The lowest BCUT2D eigenvalue weighted by atomic mass is 10.1. The van der Waals surface area contributed by atoms with Gasteiger partial charge in [0, 0.05) is 39.9 Å². The number of methoxy groups -OCH3 is 2. The van der Waals surface area contributed by atoms with Gasteiger partial charge >= 0.3 is 0 Å². The quantitative estimate of drug-likeness (QED) is 0.673. The molecule has 0 saturated carbocycles. The molecule has 1 aromatic rings. The minimum absolute atomic E-state index is 0.120. The van der Waals surface area contributed by atoms with Gasteiger partial charge in [0.05, 0.1) is 18.9 Å². The number of anilines is 1. The molecule has 0 heterocycles. The second kappa shape index (κ2) is 9.71. The Bertz CT molecular complexity index is 415. The van der Waals surface area contributed by atoms with Crippen molar-refractivity contribution in [1.82, 2.24) is 5.32 Å². The first-order chi connectivity index (χ1) is 10.2. The van der Waals surface area contributed by atoms with Gasteiger partial charge in [-0.3, -0.25) is 0 Å². The summed E-state index contributed by atoms with van der Waals surface area (Å²) in [4.78, 5) is 2.05. The predicted octanol–water partition coefficient (Wildman–Crippen LogP) is 2.42. The molecule has 0 spiro atoms. The van der Waals surface area contributed by atoms with Crippen molar-refractivity contribution in [3.8, 4) is 0 Å². The Labute approximate surface area is 127 Å². The fourth-order valence-corrected chi connectivity index (χ4v) is 2.44. The molecule has 0 aliphatic heterocycles. The Kier molecular flexibility index (Phi) is 8.27. The number of halogens is 1. The van der Waals surface area contributed by atoms with Crippen molar-refractivity contribution in [2.24, 2.45) is 0 Å². The van der Waals surface area contributed by atoms with Crippen LogP contribution in [0.25, 0.3) is 0 Å². The lowest BCUT2D eigenvalue weighted by Crippen LogP contribution is -2.37. The number of nitrogens with zero attached hydrogens (tertiary/aromatic N) is 1. The maximum atomic E-state index is 14.3. The largest absolute Gasteiger partial charge is 0.383 e. The average molecular weight is 298 g/mol. The maximum absolute atomic E-state index is 14.3. The molecule has 0 bridgehead atoms. The van der Waals surface area contributed by atoms with E-state index in [2.05, 4.69) is 5.32 Å². The number of ether oxygens (including phenoxy) is 2. The number of rotatable bonds is 10. The van der Waals surface area contributed by atoms with E-state index in [1.807, 2.05) is 24.8 Å². The topological polar surface area (TPSA) is 33.7 Å². The summed E-state index contributed by atoms with van der Waals surface area (Å²) in [5.41, 5.74) is 1.62. The molecule has 1 aromatic carbocycles. The number of hydrogen-bond donors (Lipinski definition) is 1. The molecular formula is C16H27FN2O2. The molecule has 1 atom stereocenters. The minimum Gasteiger partial charge on any atom is -0.383 e. The highest BCUT2D eigenvalue weighted by Crippen LogP contribution is 2.26. The Hall–Kier alpha value is -1.17. The standard InChI is InChI=1S/C16H27FN2O2/c1-5-19(13(2)12-21-4)16-14(7-6-8-15(16)17)11-18-9-10-20-3/h6-8,13,18H,5,9-12H2,1-4H3. The Morgan fingerprint density at radius 1 is 1.29 bits per heavy atom. The summed E-state index contributed by atoms with van der Waals surface area (Å²) in [6, 6.07) is 5.34. The summed E-state index contributed by atoms with van der Waals surface area (Å²) in [5, 5.41) is 3.27. The first kappa shape index (κ1) is 17.9. The van der Waals surface area contributed by atoms with E-state index in [1.165, 1.54) is 6.07 Å². The van der Waals surface area contributed by atoms with Crippen molar-refractivity contribution in [3.05, 3.63) is 29.6 Å². The molecule has 1 unspecified atom stereocenters. The molecule has 0 fully saturated rings. The minimum atomic E-state index is -0.189. The number of hydrogen-bond acceptors (Lipinski definition) is 4. The van der Waals surface area contributed by atoms with Gasteiger partial charge in [-0.25, -0.2) is 4.39 Å². The van der Waals surface area contributed by atoms with Crippen LogP contribution in [-0.4, -0.2) is 46.6 Å². The summed E-state index contributed by atoms with van der Waals surface area (Å²) in [7, 11) is 3.33.